The Morgan fingerprint density at radius 1 is 1.12 bits per heavy atom. The van der Waals surface area contributed by atoms with Crippen molar-refractivity contribution < 1.29 is 51.0 Å². The van der Waals surface area contributed by atoms with Crippen molar-refractivity contribution >= 4 is 0 Å². The Balaban J connectivity index is -0.000000653. The largest absolute Gasteiger partial charge is 3.00 e. The topological polar surface area (TPSA) is 0 Å². The van der Waals surface area contributed by atoms with Crippen LogP contribution in [-0.4, -0.2) is 0 Å². The second-order valence-corrected chi connectivity index (χ2v) is 4.33. The van der Waals surface area contributed by atoms with E-state index >= 15 is 0 Å². The number of halogens is 2. The molecule has 1 rings (SSSR count). The number of allylic oxidation sites excluding steroid dienone is 4. The van der Waals surface area contributed by atoms with Gasteiger partial charge in [-0.05, 0) is 24.7 Å². The van der Waals surface area contributed by atoms with Gasteiger partial charge >= 0.3 is 26.2 Å². The standard InChI is InChI=1S/C14H23.2ClH.Zr/c1-4-11-14(6-3,12-5-2)13-9-7-8-10-13;;;/h7,9H,4-6,8,11-12H2,1-3H3;2*1H;/q-1;;;+3/p-2. The summed E-state index contributed by atoms with van der Waals surface area (Å²) in [5, 5.41) is 0. The van der Waals surface area contributed by atoms with Crippen molar-refractivity contribution in [2.24, 2.45) is 5.41 Å². The van der Waals surface area contributed by atoms with Crippen LogP contribution < -0.4 is 24.8 Å². The zero-order valence-corrected chi connectivity index (χ0v) is 15.1. The molecular weight excluding hydrogens is 330 g/mol. The van der Waals surface area contributed by atoms with E-state index in [1.807, 2.05) is 0 Å². The zero-order chi connectivity index (χ0) is 10.4. The molecule has 0 aromatic rings. The van der Waals surface area contributed by atoms with E-state index in [2.05, 4.69) is 39.0 Å². The molecule has 0 spiro atoms. The molecule has 0 saturated carbocycles. The van der Waals surface area contributed by atoms with Crippen LogP contribution >= 0.6 is 0 Å². The minimum atomic E-state index is 0. The fourth-order valence-corrected chi connectivity index (χ4v) is 2.66. The summed E-state index contributed by atoms with van der Waals surface area (Å²) in [6.07, 6.45) is 15.6. The molecule has 0 N–H and O–H groups in total. The summed E-state index contributed by atoms with van der Waals surface area (Å²) < 4.78 is 0. The molecule has 0 unspecified atom stereocenters. The van der Waals surface area contributed by atoms with Crippen LogP contribution in [-0.2, 0) is 26.2 Å². The predicted octanol–water partition coefficient (Wildman–Crippen LogP) is -1.32. The van der Waals surface area contributed by atoms with Gasteiger partial charge in [-0.1, -0.05) is 33.6 Å². The summed E-state index contributed by atoms with van der Waals surface area (Å²) in [6.45, 7) is 6.91. The fraction of sp³-hybridized carbons (Fsp3) is 0.714. The molecule has 0 bridgehead atoms. The molecule has 0 atom stereocenters. The molecule has 0 nitrogen and oxygen atoms in total. The van der Waals surface area contributed by atoms with Crippen molar-refractivity contribution in [3.8, 4) is 0 Å². The van der Waals surface area contributed by atoms with E-state index < -0.39 is 0 Å². The van der Waals surface area contributed by atoms with E-state index in [0.29, 0.717) is 5.41 Å². The maximum atomic E-state index is 3.52. The van der Waals surface area contributed by atoms with E-state index in [-0.39, 0.29) is 51.0 Å². The summed E-state index contributed by atoms with van der Waals surface area (Å²) in [4.78, 5) is 0. The van der Waals surface area contributed by atoms with Crippen LogP contribution in [0.15, 0.2) is 17.7 Å². The minimum absolute atomic E-state index is 0. The summed E-state index contributed by atoms with van der Waals surface area (Å²) in [5.74, 6) is 0. The van der Waals surface area contributed by atoms with Crippen molar-refractivity contribution in [3.63, 3.8) is 0 Å². The quantitative estimate of drug-likeness (QED) is 0.520. The normalized spacial score (nSPS) is 13.2. The van der Waals surface area contributed by atoms with Gasteiger partial charge in [-0.25, -0.2) is 11.6 Å². The first kappa shape index (κ1) is 23.1. The molecule has 17 heavy (non-hydrogen) atoms. The van der Waals surface area contributed by atoms with Gasteiger partial charge in [-0.3, -0.25) is 6.08 Å². The van der Waals surface area contributed by atoms with Gasteiger partial charge in [0.05, 0.1) is 0 Å². The third kappa shape index (κ3) is 6.08. The third-order valence-corrected chi connectivity index (χ3v) is 3.40. The van der Waals surface area contributed by atoms with Crippen LogP contribution in [0.5, 0.6) is 0 Å². The van der Waals surface area contributed by atoms with Crippen LogP contribution in [0.25, 0.3) is 0 Å². The van der Waals surface area contributed by atoms with Crippen molar-refractivity contribution in [2.75, 3.05) is 0 Å². The van der Waals surface area contributed by atoms with Gasteiger partial charge in [0.25, 0.3) is 0 Å². The molecule has 0 aromatic carbocycles. The Hall–Kier alpha value is 0.943. The summed E-state index contributed by atoms with van der Waals surface area (Å²) in [6, 6.07) is 0. The molecule has 1 radical (unpaired) electrons. The van der Waals surface area contributed by atoms with Crippen LogP contribution in [0.3, 0.4) is 0 Å². The number of rotatable bonds is 6. The van der Waals surface area contributed by atoms with Gasteiger partial charge < -0.3 is 24.8 Å². The summed E-state index contributed by atoms with van der Waals surface area (Å²) >= 11 is 0. The molecule has 3 heteroatoms. The van der Waals surface area contributed by atoms with E-state index in [9.17, 15) is 0 Å². The second kappa shape index (κ2) is 12.0. The molecule has 97 valence electrons. The molecule has 0 saturated heterocycles. The van der Waals surface area contributed by atoms with E-state index in [4.69, 9.17) is 0 Å². The fourth-order valence-electron chi connectivity index (χ4n) is 2.66. The smallest absolute Gasteiger partial charge is 1.00 e. The number of hydrogen-bond acceptors (Lipinski definition) is 0. The Labute approximate surface area is 139 Å². The minimum Gasteiger partial charge on any atom is -1.00 e. The molecular formula is C14H23Cl2Zr. The first-order valence-corrected chi connectivity index (χ1v) is 6.07. The van der Waals surface area contributed by atoms with Gasteiger partial charge in [0.2, 0.25) is 0 Å². The van der Waals surface area contributed by atoms with Gasteiger partial charge in [-0.15, -0.1) is 6.42 Å². The first-order chi connectivity index (χ1) is 6.79. The Morgan fingerprint density at radius 2 is 1.65 bits per heavy atom. The van der Waals surface area contributed by atoms with E-state index in [1.165, 1.54) is 37.7 Å². The van der Waals surface area contributed by atoms with Crippen molar-refractivity contribution in [1.29, 1.82) is 0 Å². The van der Waals surface area contributed by atoms with Crippen molar-refractivity contribution in [2.45, 2.75) is 59.3 Å². The average Bonchev–Trinajstić information content (AvgIpc) is 2.70. The van der Waals surface area contributed by atoms with Gasteiger partial charge in [0, 0.05) is 0 Å². The van der Waals surface area contributed by atoms with Crippen molar-refractivity contribution in [1.82, 2.24) is 0 Å². The molecule has 0 fully saturated rings. The first-order valence-electron chi connectivity index (χ1n) is 6.07. The summed E-state index contributed by atoms with van der Waals surface area (Å²) in [5.41, 5.74) is 1.93. The van der Waals surface area contributed by atoms with Crippen LogP contribution in [0, 0.1) is 11.5 Å². The maximum Gasteiger partial charge on any atom is 3.00 e. The van der Waals surface area contributed by atoms with Gasteiger partial charge in [0.1, 0.15) is 0 Å². The third-order valence-electron chi connectivity index (χ3n) is 3.40. The second-order valence-electron chi connectivity index (χ2n) is 4.33. The van der Waals surface area contributed by atoms with Gasteiger partial charge in [-0.2, -0.15) is 6.08 Å². The Morgan fingerprint density at radius 3 is 1.94 bits per heavy atom. The predicted molar refractivity (Wildman–Crippen MR) is 63.1 cm³/mol. The Kier molecular flexibility index (Phi) is 16.3. The van der Waals surface area contributed by atoms with Gasteiger partial charge in [0.15, 0.2) is 0 Å². The van der Waals surface area contributed by atoms with E-state index in [0.717, 1.165) is 6.42 Å². The zero-order valence-electron chi connectivity index (χ0n) is 11.2. The van der Waals surface area contributed by atoms with Crippen LogP contribution in [0.1, 0.15) is 59.3 Å². The van der Waals surface area contributed by atoms with Crippen LogP contribution in [0.2, 0.25) is 0 Å². The molecule has 0 aromatic heterocycles. The SMILES string of the molecule is CCCC(CC)(CCC)C1=[C-]CC=C1.[Cl-].[Cl-].[Zr+3]. The molecule has 0 aliphatic heterocycles. The molecule has 0 heterocycles. The maximum absolute atomic E-state index is 3.52. The molecule has 1 aliphatic rings. The summed E-state index contributed by atoms with van der Waals surface area (Å²) in [7, 11) is 0. The average molecular weight is 353 g/mol. The molecule has 1 aliphatic carbocycles. The Bertz CT molecular complexity index is 228. The van der Waals surface area contributed by atoms with Crippen LogP contribution in [0.4, 0.5) is 0 Å². The monoisotopic (exact) mass is 351 g/mol. The number of hydrogen-bond donors (Lipinski definition) is 0. The van der Waals surface area contributed by atoms with E-state index in [1.54, 1.807) is 0 Å². The molecule has 0 amide bonds. The van der Waals surface area contributed by atoms with Crippen molar-refractivity contribution in [3.05, 3.63) is 23.8 Å².